The number of rotatable bonds is 15. The van der Waals surface area contributed by atoms with Gasteiger partial charge in [-0.2, -0.15) is 0 Å². The summed E-state index contributed by atoms with van der Waals surface area (Å²) in [6, 6.07) is -3.06. The highest BCUT2D eigenvalue weighted by Crippen LogP contribution is 2.41. The largest absolute Gasteiger partial charge is 0.449 e. The molecule has 0 radical (unpaired) electrons. The lowest BCUT2D eigenvalue weighted by molar-refractivity contribution is -0.143. The van der Waals surface area contributed by atoms with Gasteiger partial charge in [0.2, 0.25) is 23.5 Å². The van der Waals surface area contributed by atoms with Gasteiger partial charge in [-0.3, -0.25) is 28.8 Å². The SMILES string of the molecule is CCCC(NC(=O)[C@@H]1CC(C)(C)CN1C(=O)[C@@H](NC(=O)OCC(C)C)C1CCC(C)(C)CC1)C(=O)C(=O)NCC(=O)NC(C(=O)N(C)C)=C1C=CC=CC1. The van der Waals surface area contributed by atoms with Crippen LogP contribution in [0.5, 0.6) is 0 Å². The van der Waals surface area contributed by atoms with Crippen molar-refractivity contribution in [1.82, 2.24) is 31.1 Å². The number of carbonyl (C=O) groups excluding carboxylic acids is 7. The van der Waals surface area contributed by atoms with Gasteiger partial charge >= 0.3 is 6.09 Å². The Hall–Kier alpha value is -4.49. The summed E-state index contributed by atoms with van der Waals surface area (Å²) in [5.74, 6) is -4.13. The number of alkyl carbamates (subject to hydrolysis) is 1. The van der Waals surface area contributed by atoms with E-state index in [2.05, 4.69) is 35.1 Å². The zero-order chi connectivity index (χ0) is 40.4. The van der Waals surface area contributed by atoms with Crippen LogP contribution in [0.3, 0.4) is 0 Å². The average Bonchev–Trinajstić information content (AvgIpc) is 3.45. The lowest BCUT2D eigenvalue weighted by Gasteiger charge is -2.39. The average molecular weight is 755 g/mol. The Morgan fingerprint density at radius 2 is 1.63 bits per heavy atom. The molecule has 1 heterocycles. The van der Waals surface area contributed by atoms with Crippen molar-refractivity contribution in [1.29, 1.82) is 0 Å². The van der Waals surface area contributed by atoms with Crippen LogP contribution in [0.2, 0.25) is 0 Å². The van der Waals surface area contributed by atoms with Gasteiger partial charge in [0.05, 0.1) is 19.2 Å². The van der Waals surface area contributed by atoms with Crippen LogP contribution in [-0.4, -0.2) is 103 Å². The highest BCUT2D eigenvalue weighted by Gasteiger charge is 2.48. The molecule has 0 aromatic heterocycles. The smallest absolute Gasteiger partial charge is 0.407 e. The number of hydrogen-bond donors (Lipinski definition) is 4. The second kappa shape index (κ2) is 19.2. The maximum Gasteiger partial charge on any atom is 0.407 e. The predicted octanol–water partition coefficient (Wildman–Crippen LogP) is 3.53. The first-order chi connectivity index (χ1) is 25.2. The van der Waals surface area contributed by atoms with E-state index in [0.29, 0.717) is 24.8 Å². The van der Waals surface area contributed by atoms with Crippen LogP contribution < -0.4 is 21.3 Å². The molecular weight excluding hydrogens is 692 g/mol. The molecule has 0 aromatic rings. The van der Waals surface area contributed by atoms with Crippen molar-refractivity contribution in [2.75, 3.05) is 33.8 Å². The molecule has 14 heteroatoms. The molecule has 1 saturated carbocycles. The standard InChI is InChI=1S/C40H62N6O8/c1-10-14-28(33(48)35(50)41-22-30(47)43-31(36(51)45(8)9)26-15-12-11-13-16-26)42-34(49)29-21-40(6,7)24-46(29)37(52)32(44-38(53)54-23-25(2)3)27-17-19-39(4,5)20-18-27/h11-13,15,25,27-29,32H,10,14,16-24H2,1-9H3,(H,41,50)(H,42,49)(H,43,47)(H,44,53)/t28?,29-,32-/m0/s1. The first kappa shape index (κ1) is 43.9. The Morgan fingerprint density at radius 3 is 2.20 bits per heavy atom. The normalized spacial score (nSPS) is 21.1. The fourth-order valence-corrected chi connectivity index (χ4v) is 7.07. The zero-order valence-corrected chi connectivity index (χ0v) is 33.6. The minimum atomic E-state index is -1.21. The van der Waals surface area contributed by atoms with Crippen molar-refractivity contribution in [3.63, 3.8) is 0 Å². The Labute approximate surface area is 320 Å². The number of ether oxygens (including phenoxy) is 1. The number of likely N-dealkylation sites (N-methyl/N-ethyl adjacent to an activating group) is 1. The molecule has 14 nitrogen and oxygen atoms in total. The number of likely N-dealkylation sites (tertiary alicyclic amines) is 1. The lowest BCUT2D eigenvalue weighted by Crippen LogP contribution is -2.58. The van der Waals surface area contributed by atoms with Gasteiger partial charge in [-0.15, -0.1) is 0 Å². The molecule has 54 heavy (non-hydrogen) atoms. The van der Waals surface area contributed by atoms with Gasteiger partial charge < -0.3 is 35.8 Å². The lowest BCUT2D eigenvalue weighted by atomic mass is 9.71. The fraction of sp³-hybridized carbons (Fsp3) is 0.675. The summed E-state index contributed by atoms with van der Waals surface area (Å²) in [6.07, 6.45) is 11.0. The van der Waals surface area contributed by atoms with E-state index in [0.717, 1.165) is 25.7 Å². The third kappa shape index (κ3) is 12.5. The highest BCUT2D eigenvalue weighted by molar-refractivity contribution is 6.38. The summed E-state index contributed by atoms with van der Waals surface area (Å²) in [5, 5.41) is 10.5. The molecule has 0 bridgehead atoms. The third-order valence-corrected chi connectivity index (χ3v) is 10.2. The van der Waals surface area contributed by atoms with Crippen LogP contribution in [-0.2, 0) is 33.5 Å². The number of hydrogen-bond acceptors (Lipinski definition) is 8. The van der Waals surface area contributed by atoms with E-state index in [-0.39, 0.29) is 48.4 Å². The monoisotopic (exact) mass is 754 g/mol. The van der Waals surface area contributed by atoms with Crippen molar-refractivity contribution >= 4 is 41.4 Å². The van der Waals surface area contributed by atoms with Crippen molar-refractivity contribution in [3.8, 4) is 0 Å². The Bertz CT molecular complexity index is 1520. The molecule has 1 unspecified atom stereocenters. The minimum absolute atomic E-state index is 0.0677. The summed E-state index contributed by atoms with van der Waals surface area (Å²) in [4.78, 5) is 96.3. The van der Waals surface area contributed by atoms with Gasteiger partial charge in [0.25, 0.3) is 11.8 Å². The summed E-state index contributed by atoms with van der Waals surface area (Å²) < 4.78 is 5.40. The van der Waals surface area contributed by atoms with E-state index in [1.165, 1.54) is 9.80 Å². The second-order valence-corrected chi connectivity index (χ2v) is 17.0. The highest BCUT2D eigenvalue weighted by atomic mass is 16.5. The molecule has 0 spiro atoms. The molecule has 0 aromatic carbocycles. The molecule has 3 atom stereocenters. The Kier molecular flexibility index (Phi) is 15.6. The number of nitrogens with one attached hydrogen (secondary N) is 4. The van der Waals surface area contributed by atoms with Crippen LogP contribution in [0.4, 0.5) is 4.79 Å². The summed E-state index contributed by atoms with van der Waals surface area (Å²) in [7, 11) is 3.11. The molecule has 1 aliphatic heterocycles. The molecule has 3 aliphatic rings. The van der Waals surface area contributed by atoms with Crippen molar-refractivity contribution in [2.24, 2.45) is 22.7 Å². The van der Waals surface area contributed by atoms with Crippen molar-refractivity contribution < 1.29 is 38.3 Å². The molecular formula is C40H62N6O8. The van der Waals surface area contributed by atoms with E-state index < -0.39 is 65.6 Å². The number of carbonyl (C=O) groups is 7. The van der Waals surface area contributed by atoms with E-state index in [1.54, 1.807) is 33.2 Å². The van der Waals surface area contributed by atoms with Crippen molar-refractivity contribution in [3.05, 3.63) is 35.6 Å². The molecule has 4 N–H and O–H groups in total. The molecule has 3 rings (SSSR count). The van der Waals surface area contributed by atoms with E-state index in [4.69, 9.17) is 4.74 Å². The van der Waals surface area contributed by atoms with Gasteiger partial charge in [0, 0.05) is 20.6 Å². The Morgan fingerprint density at radius 1 is 0.963 bits per heavy atom. The van der Waals surface area contributed by atoms with Crippen LogP contribution >= 0.6 is 0 Å². The third-order valence-electron chi connectivity index (χ3n) is 10.2. The minimum Gasteiger partial charge on any atom is -0.449 e. The number of ketones is 1. The maximum atomic E-state index is 14.4. The van der Waals surface area contributed by atoms with Gasteiger partial charge in [-0.25, -0.2) is 4.79 Å². The Balaban J connectivity index is 1.74. The number of Topliss-reactive ketones (excluding diaryl/α,β-unsaturated/α-hetero) is 1. The predicted molar refractivity (Wildman–Crippen MR) is 204 cm³/mol. The summed E-state index contributed by atoms with van der Waals surface area (Å²) >= 11 is 0. The van der Waals surface area contributed by atoms with Gasteiger partial charge in [0.1, 0.15) is 17.8 Å². The summed E-state index contributed by atoms with van der Waals surface area (Å²) in [5.41, 5.74) is 0.331. The van der Waals surface area contributed by atoms with Gasteiger partial charge in [-0.1, -0.05) is 79.2 Å². The first-order valence-corrected chi connectivity index (χ1v) is 19.2. The van der Waals surface area contributed by atoms with Crippen LogP contribution in [0.15, 0.2) is 35.6 Å². The second-order valence-electron chi connectivity index (χ2n) is 17.0. The van der Waals surface area contributed by atoms with E-state index in [1.807, 2.05) is 39.8 Å². The number of nitrogens with zero attached hydrogens (tertiary/aromatic N) is 2. The van der Waals surface area contributed by atoms with Crippen LogP contribution in [0.1, 0.15) is 99.8 Å². The van der Waals surface area contributed by atoms with Gasteiger partial charge in [-0.05, 0) is 73.2 Å². The molecule has 300 valence electrons. The van der Waals surface area contributed by atoms with Crippen molar-refractivity contribution in [2.45, 2.75) is 118 Å². The summed E-state index contributed by atoms with van der Waals surface area (Å²) in [6.45, 7) is 13.8. The number of allylic oxidation sites excluding steroid dienone is 5. The molecule has 2 fully saturated rings. The molecule has 2 aliphatic carbocycles. The molecule has 1 saturated heterocycles. The van der Waals surface area contributed by atoms with E-state index >= 15 is 0 Å². The topological polar surface area (TPSA) is 183 Å². The fourth-order valence-electron chi connectivity index (χ4n) is 7.07. The van der Waals surface area contributed by atoms with Crippen LogP contribution in [0, 0.1) is 22.7 Å². The zero-order valence-electron chi connectivity index (χ0n) is 33.6. The van der Waals surface area contributed by atoms with E-state index in [9.17, 15) is 33.6 Å². The quantitative estimate of drug-likeness (QED) is 0.145. The number of amides is 6. The van der Waals surface area contributed by atoms with Gasteiger partial charge in [0.15, 0.2) is 0 Å². The first-order valence-electron chi connectivity index (χ1n) is 19.2. The maximum absolute atomic E-state index is 14.4. The molecule has 6 amide bonds. The van der Waals surface area contributed by atoms with Crippen LogP contribution in [0.25, 0.3) is 0 Å².